The van der Waals surface area contributed by atoms with Crippen molar-refractivity contribution >= 4 is 0 Å². The molecule has 100 valence electrons. The van der Waals surface area contributed by atoms with Crippen molar-refractivity contribution in [2.75, 3.05) is 39.9 Å². The van der Waals surface area contributed by atoms with Crippen LogP contribution in [0.2, 0.25) is 0 Å². The Kier molecular flexibility index (Phi) is 5.22. The van der Waals surface area contributed by atoms with E-state index in [9.17, 15) is 0 Å². The molecule has 0 saturated carbocycles. The van der Waals surface area contributed by atoms with Gasteiger partial charge in [-0.25, -0.2) is 0 Å². The van der Waals surface area contributed by atoms with E-state index in [1.54, 1.807) is 7.11 Å². The predicted octanol–water partition coefficient (Wildman–Crippen LogP) is 0.868. The average molecular weight is 241 g/mol. The third-order valence-corrected chi connectivity index (χ3v) is 4.19. The monoisotopic (exact) mass is 241 g/mol. The van der Waals surface area contributed by atoms with Crippen LogP contribution in [0.15, 0.2) is 0 Å². The molecule has 2 aliphatic heterocycles. The van der Waals surface area contributed by atoms with Crippen molar-refractivity contribution in [1.82, 2.24) is 9.80 Å². The van der Waals surface area contributed by atoms with E-state index in [2.05, 4.69) is 9.80 Å². The van der Waals surface area contributed by atoms with Crippen LogP contribution in [0, 0.1) is 0 Å². The maximum absolute atomic E-state index is 6.14. The molecule has 2 aliphatic rings. The first-order valence-corrected chi connectivity index (χ1v) is 7.04. The maximum Gasteiger partial charge on any atom is 0.0574 e. The van der Waals surface area contributed by atoms with Crippen LogP contribution in [-0.4, -0.2) is 61.9 Å². The molecule has 0 unspecified atom stereocenters. The van der Waals surface area contributed by atoms with Crippen LogP contribution in [-0.2, 0) is 4.74 Å². The number of piperidine rings is 1. The van der Waals surface area contributed by atoms with E-state index in [1.807, 2.05) is 0 Å². The molecule has 4 nitrogen and oxygen atoms in total. The molecule has 0 bridgehead atoms. The van der Waals surface area contributed by atoms with Crippen LogP contribution in [0.1, 0.15) is 32.1 Å². The highest BCUT2D eigenvalue weighted by Crippen LogP contribution is 2.23. The van der Waals surface area contributed by atoms with Crippen molar-refractivity contribution in [3.63, 3.8) is 0 Å². The zero-order chi connectivity index (χ0) is 12.1. The molecule has 0 amide bonds. The van der Waals surface area contributed by atoms with Crippen LogP contribution >= 0.6 is 0 Å². The summed E-state index contributed by atoms with van der Waals surface area (Å²) in [5.41, 5.74) is 6.14. The van der Waals surface area contributed by atoms with Crippen LogP contribution in [0.3, 0.4) is 0 Å². The number of methoxy groups -OCH3 is 1. The molecule has 0 aromatic carbocycles. The third kappa shape index (κ3) is 3.65. The summed E-state index contributed by atoms with van der Waals surface area (Å²) in [6.07, 6.45) is 6.55. The minimum atomic E-state index is 0.333. The van der Waals surface area contributed by atoms with Crippen molar-refractivity contribution in [2.45, 2.75) is 44.3 Å². The second kappa shape index (κ2) is 6.69. The number of nitrogens with zero attached hydrogens (tertiary/aromatic N) is 2. The number of hydrogen-bond acceptors (Lipinski definition) is 4. The van der Waals surface area contributed by atoms with Crippen molar-refractivity contribution in [1.29, 1.82) is 0 Å². The first-order valence-electron chi connectivity index (χ1n) is 7.04. The maximum atomic E-state index is 6.14. The van der Waals surface area contributed by atoms with Gasteiger partial charge in [-0.3, -0.25) is 4.90 Å². The third-order valence-electron chi connectivity index (χ3n) is 4.19. The van der Waals surface area contributed by atoms with Gasteiger partial charge in [0, 0.05) is 32.8 Å². The van der Waals surface area contributed by atoms with E-state index >= 15 is 0 Å². The Morgan fingerprint density at radius 1 is 1.18 bits per heavy atom. The fourth-order valence-electron chi connectivity index (χ4n) is 3.18. The Bertz CT molecular complexity index is 217. The van der Waals surface area contributed by atoms with E-state index in [0.717, 1.165) is 19.1 Å². The van der Waals surface area contributed by atoms with Crippen molar-refractivity contribution in [3.8, 4) is 0 Å². The number of hydrogen-bond donors (Lipinski definition) is 1. The normalized spacial score (nSPS) is 28.9. The molecule has 2 fully saturated rings. The highest BCUT2D eigenvalue weighted by atomic mass is 16.5. The Labute approximate surface area is 105 Å². The lowest BCUT2D eigenvalue weighted by Gasteiger charge is -2.38. The van der Waals surface area contributed by atoms with Gasteiger partial charge in [-0.2, -0.15) is 0 Å². The minimum Gasteiger partial charge on any atom is -0.385 e. The van der Waals surface area contributed by atoms with Gasteiger partial charge >= 0.3 is 0 Å². The molecular weight excluding hydrogens is 214 g/mol. The first kappa shape index (κ1) is 13.3. The number of likely N-dealkylation sites (tertiary alicyclic amines) is 2. The van der Waals surface area contributed by atoms with Crippen molar-refractivity contribution in [3.05, 3.63) is 0 Å². The van der Waals surface area contributed by atoms with Gasteiger partial charge in [0.2, 0.25) is 0 Å². The van der Waals surface area contributed by atoms with Gasteiger partial charge in [-0.15, -0.1) is 0 Å². The Hall–Kier alpha value is -0.160. The Morgan fingerprint density at radius 2 is 1.94 bits per heavy atom. The lowest BCUT2D eigenvalue weighted by atomic mass is 10.0. The largest absolute Gasteiger partial charge is 0.385 e. The second-order valence-electron chi connectivity index (χ2n) is 5.37. The van der Waals surface area contributed by atoms with E-state index in [4.69, 9.17) is 10.5 Å². The molecule has 0 aliphatic carbocycles. The van der Waals surface area contributed by atoms with Gasteiger partial charge in [0.15, 0.2) is 0 Å². The van der Waals surface area contributed by atoms with Gasteiger partial charge in [0.1, 0.15) is 0 Å². The Morgan fingerprint density at radius 3 is 2.53 bits per heavy atom. The van der Waals surface area contributed by atoms with Gasteiger partial charge in [-0.1, -0.05) is 0 Å². The van der Waals surface area contributed by atoms with Crippen LogP contribution in [0.25, 0.3) is 0 Å². The summed E-state index contributed by atoms with van der Waals surface area (Å²) in [6, 6.07) is 0.742. The predicted molar refractivity (Wildman–Crippen MR) is 69.9 cm³/mol. The molecule has 2 rings (SSSR count). The molecule has 4 heteroatoms. The molecule has 0 radical (unpaired) electrons. The second-order valence-corrected chi connectivity index (χ2v) is 5.37. The lowest BCUT2D eigenvalue weighted by Crippen LogP contribution is -2.49. The number of rotatable bonds is 5. The number of nitrogens with two attached hydrogens (primary N) is 1. The molecule has 2 N–H and O–H groups in total. The van der Waals surface area contributed by atoms with Crippen LogP contribution in [0.4, 0.5) is 0 Å². The van der Waals surface area contributed by atoms with Crippen molar-refractivity contribution in [2.24, 2.45) is 5.73 Å². The van der Waals surface area contributed by atoms with E-state index in [0.29, 0.717) is 6.17 Å². The van der Waals surface area contributed by atoms with E-state index < -0.39 is 0 Å². The topological polar surface area (TPSA) is 41.7 Å². The molecule has 17 heavy (non-hydrogen) atoms. The first-order chi connectivity index (χ1) is 8.31. The molecule has 0 aromatic rings. The van der Waals surface area contributed by atoms with Crippen molar-refractivity contribution < 1.29 is 4.74 Å². The fourth-order valence-corrected chi connectivity index (χ4v) is 3.18. The average Bonchev–Trinajstić information content (AvgIpc) is 2.77. The summed E-state index contributed by atoms with van der Waals surface area (Å²) in [5, 5.41) is 0. The molecule has 0 spiro atoms. The van der Waals surface area contributed by atoms with E-state index in [1.165, 1.54) is 51.9 Å². The molecule has 0 aromatic heterocycles. The molecular formula is C13H27N3O. The zero-order valence-corrected chi connectivity index (χ0v) is 11.1. The quantitative estimate of drug-likeness (QED) is 0.725. The summed E-state index contributed by atoms with van der Waals surface area (Å²) in [6.45, 7) is 5.76. The smallest absolute Gasteiger partial charge is 0.0574 e. The van der Waals surface area contributed by atoms with Crippen LogP contribution in [0.5, 0.6) is 0 Å². The fraction of sp³-hybridized carbons (Fsp3) is 1.00. The summed E-state index contributed by atoms with van der Waals surface area (Å²) in [7, 11) is 1.78. The van der Waals surface area contributed by atoms with E-state index in [-0.39, 0.29) is 0 Å². The highest BCUT2D eigenvalue weighted by molar-refractivity contribution is 4.85. The standard InChI is InChI=1S/C13H27N3O/c1-17-11-3-7-15-9-5-12(6-10-15)16-8-2-4-13(16)14/h12-13H,2-11,14H2,1H3/t13-/m1/s1. The highest BCUT2D eigenvalue weighted by Gasteiger charge is 2.30. The molecule has 1 atom stereocenters. The van der Waals surface area contributed by atoms with Gasteiger partial charge in [0.25, 0.3) is 0 Å². The zero-order valence-electron chi connectivity index (χ0n) is 11.1. The van der Waals surface area contributed by atoms with Gasteiger partial charge in [0.05, 0.1) is 6.17 Å². The summed E-state index contributed by atoms with van der Waals surface area (Å²) >= 11 is 0. The number of ether oxygens (including phenoxy) is 1. The van der Waals surface area contributed by atoms with Gasteiger partial charge < -0.3 is 15.4 Å². The minimum absolute atomic E-state index is 0.333. The summed E-state index contributed by atoms with van der Waals surface area (Å²) in [4.78, 5) is 5.10. The SMILES string of the molecule is COCCCN1CCC(N2CCC[C@@H]2N)CC1. The summed E-state index contributed by atoms with van der Waals surface area (Å²) in [5.74, 6) is 0. The lowest BCUT2D eigenvalue weighted by molar-refractivity contribution is 0.0935. The van der Waals surface area contributed by atoms with Gasteiger partial charge in [-0.05, 0) is 45.2 Å². The van der Waals surface area contributed by atoms with Crippen LogP contribution < -0.4 is 5.73 Å². The Balaban J connectivity index is 1.67. The molecule has 2 saturated heterocycles. The molecule has 2 heterocycles. The summed E-state index contributed by atoms with van der Waals surface area (Å²) < 4.78 is 5.10.